The number of likely N-dealkylation sites (tertiary alicyclic amines) is 1. The monoisotopic (exact) mass is 224 g/mol. The Labute approximate surface area is 96.3 Å². The van der Waals surface area contributed by atoms with Crippen molar-refractivity contribution < 1.29 is 9.53 Å². The Morgan fingerprint density at radius 2 is 1.88 bits per heavy atom. The Morgan fingerprint density at radius 1 is 1.19 bits per heavy atom. The van der Waals surface area contributed by atoms with Gasteiger partial charge in [0.2, 0.25) is 5.91 Å². The Morgan fingerprint density at radius 3 is 2.50 bits per heavy atom. The topological polar surface area (TPSA) is 41.6 Å². The van der Waals surface area contributed by atoms with Gasteiger partial charge >= 0.3 is 0 Å². The summed E-state index contributed by atoms with van der Waals surface area (Å²) in [7, 11) is 0. The minimum absolute atomic E-state index is 0.251. The number of rotatable bonds is 4. The van der Waals surface area contributed by atoms with E-state index in [-0.39, 0.29) is 5.91 Å². The maximum atomic E-state index is 11.9. The smallest absolute Gasteiger partial charge is 0.236 e. The molecule has 2 atom stereocenters. The molecule has 4 nitrogen and oxygen atoms in total. The molecule has 0 aromatic carbocycles. The molecule has 0 spiro atoms. The maximum Gasteiger partial charge on any atom is 0.236 e. The number of morpholine rings is 1. The summed E-state index contributed by atoms with van der Waals surface area (Å²) in [5, 5.41) is 3.26. The summed E-state index contributed by atoms with van der Waals surface area (Å²) in [4.78, 5) is 13.9. The van der Waals surface area contributed by atoms with Crippen LogP contribution >= 0.6 is 0 Å². The molecule has 1 amide bonds. The molecule has 0 radical (unpaired) electrons. The largest absolute Gasteiger partial charge is 0.371 e. The fraction of sp³-hybridized carbons (Fsp3) is 0.917. The molecule has 0 aromatic rings. The first-order valence-corrected chi connectivity index (χ1v) is 6.45. The lowest BCUT2D eigenvalue weighted by atomic mass is 10.2. The van der Waals surface area contributed by atoms with Crippen LogP contribution < -0.4 is 5.32 Å². The van der Waals surface area contributed by atoms with Crippen LogP contribution in [0, 0.1) is 5.92 Å². The third kappa shape index (κ3) is 2.38. The summed E-state index contributed by atoms with van der Waals surface area (Å²) < 4.78 is 5.72. The molecular weight excluding hydrogens is 204 g/mol. The van der Waals surface area contributed by atoms with Crippen LogP contribution in [0.1, 0.15) is 25.7 Å². The number of fused-ring (bicyclic) bond motifs is 2. The van der Waals surface area contributed by atoms with Crippen molar-refractivity contribution in [3.63, 3.8) is 0 Å². The highest BCUT2D eigenvalue weighted by molar-refractivity contribution is 5.78. The fourth-order valence-corrected chi connectivity index (χ4v) is 2.64. The second-order valence-corrected chi connectivity index (χ2v) is 5.33. The lowest BCUT2D eigenvalue weighted by molar-refractivity contribution is -0.138. The summed E-state index contributed by atoms with van der Waals surface area (Å²) in [6, 6.07) is 0. The summed E-state index contributed by atoms with van der Waals surface area (Å²) in [6.07, 6.45) is 5.55. The third-order valence-electron chi connectivity index (χ3n) is 3.80. The predicted molar refractivity (Wildman–Crippen MR) is 60.1 cm³/mol. The lowest BCUT2D eigenvalue weighted by Crippen LogP contribution is -2.48. The van der Waals surface area contributed by atoms with E-state index in [0.29, 0.717) is 18.8 Å². The van der Waals surface area contributed by atoms with Crippen molar-refractivity contribution in [2.24, 2.45) is 5.92 Å². The van der Waals surface area contributed by atoms with Gasteiger partial charge in [0.05, 0.1) is 18.8 Å². The SMILES string of the molecule is O=C(CNCC1CC1)N1CC2CCC(C1)O2. The van der Waals surface area contributed by atoms with Gasteiger partial charge in [0.1, 0.15) is 0 Å². The number of carbonyl (C=O) groups is 1. The maximum absolute atomic E-state index is 11.9. The third-order valence-corrected chi connectivity index (χ3v) is 3.80. The van der Waals surface area contributed by atoms with E-state index in [1.54, 1.807) is 0 Å². The summed E-state index contributed by atoms with van der Waals surface area (Å²) >= 11 is 0. The van der Waals surface area contributed by atoms with Crippen LogP contribution in [-0.4, -0.2) is 49.2 Å². The van der Waals surface area contributed by atoms with Gasteiger partial charge in [0.15, 0.2) is 0 Å². The molecule has 1 saturated carbocycles. The molecule has 2 bridgehead atoms. The molecule has 0 aromatic heterocycles. The molecule has 1 N–H and O–H groups in total. The van der Waals surface area contributed by atoms with Crippen molar-refractivity contribution in [3.8, 4) is 0 Å². The van der Waals surface area contributed by atoms with Crippen molar-refractivity contribution in [2.75, 3.05) is 26.2 Å². The molecule has 16 heavy (non-hydrogen) atoms. The number of nitrogens with one attached hydrogen (secondary N) is 1. The van der Waals surface area contributed by atoms with Crippen molar-refractivity contribution in [2.45, 2.75) is 37.9 Å². The first-order chi connectivity index (χ1) is 7.81. The highest BCUT2D eigenvalue weighted by Gasteiger charge is 2.35. The van der Waals surface area contributed by atoms with Crippen LogP contribution in [0.2, 0.25) is 0 Å². The van der Waals surface area contributed by atoms with Crippen LogP contribution in [0.25, 0.3) is 0 Å². The van der Waals surface area contributed by atoms with E-state index in [4.69, 9.17) is 4.74 Å². The molecule has 2 heterocycles. The molecule has 90 valence electrons. The number of amides is 1. The first-order valence-electron chi connectivity index (χ1n) is 6.45. The van der Waals surface area contributed by atoms with E-state index in [9.17, 15) is 4.79 Å². The molecule has 2 aliphatic heterocycles. The number of ether oxygens (including phenoxy) is 1. The predicted octanol–water partition coefficient (Wildman–Crippen LogP) is 0.376. The molecule has 2 unspecified atom stereocenters. The minimum Gasteiger partial charge on any atom is -0.371 e. The van der Waals surface area contributed by atoms with Gasteiger partial charge in [-0.15, -0.1) is 0 Å². The Balaban J connectivity index is 1.43. The first kappa shape index (κ1) is 10.5. The van der Waals surface area contributed by atoms with Crippen molar-refractivity contribution in [3.05, 3.63) is 0 Å². The average Bonchev–Trinajstić information content (AvgIpc) is 3.04. The van der Waals surface area contributed by atoms with Gasteiger partial charge in [-0.25, -0.2) is 0 Å². The molecule has 1 aliphatic carbocycles. The highest BCUT2D eigenvalue weighted by atomic mass is 16.5. The zero-order valence-corrected chi connectivity index (χ0v) is 9.65. The van der Waals surface area contributed by atoms with Crippen LogP contribution in [0.5, 0.6) is 0 Å². The average molecular weight is 224 g/mol. The molecule has 3 aliphatic rings. The van der Waals surface area contributed by atoms with Gasteiger partial charge in [-0.3, -0.25) is 4.79 Å². The second kappa shape index (κ2) is 4.34. The van der Waals surface area contributed by atoms with E-state index < -0.39 is 0 Å². The number of nitrogens with zero attached hydrogens (tertiary/aromatic N) is 1. The fourth-order valence-electron chi connectivity index (χ4n) is 2.64. The van der Waals surface area contributed by atoms with E-state index in [1.165, 1.54) is 12.8 Å². The zero-order chi connectivity index (χ0) is 11.0. The van der Waals surface area contributed by atoms with Gasteiger partial charge in [-0.2, -0.15) is 0 Å². The van der Waals surface area contributed by atoms with Crippen LogP contribution in [0.15, 0.2) is 0 Å². The highest BCUT2D eigenvalue weighted by Crippen LogP contribution is 2.28. The van der Waals surface area contributed by atoms with E-state index >= 15 is 0 Å². The molecule has 3 rings (SSSR count). The summed E-state index contributed by atoms with van der Waals surface area (Å²) in [6.45, 7) is 3.14. The van der Waals surface area contributed by atoms with E-state index in [0.717, 1.165) is 38.4 Å². The van der Waals surface area contributed by atoms with Crippen LogP contribution in [0.4, 0.5) is 0 Å². The molecular formula is C12H20N2O2. The Hall–Kier alpha value is -0.610. The Kier molecular flexibility index (Phi) is 2.86. The van der Waals surface area contributed by atoms with Crippen molar-refractivity contribution in [1.82, 2.24) is 10.2 Å². The summed E-state index contributed by atoms with van der Waals surface area (Å²) in [5.74, 6) is 1.09. The molecule has 4 heteroatoms. The quantitative estimate of drug-likeness (QED) is 0.750. The molecule has 3 fully saturated rings. The van der Waals surface area contributed by atoms with Crippen LogP contribution in [0.3, 0.4) is 0 Å². The Bertz CT molecular complexity index is 266. The van der Waals surface area contributed by atoms with Crippen LogP contribution in [-0.2, 0) is 9.53 Å². The minimum atomic E-state index is 0.251. The standard InChI is InChI=1S/C12H20N2O2/c15-12(6-13-5-9-1-2-9)14-7-10-3-4-11(8-14)16-10/h9-11,13H,1-8H2. The van der Waals surface area contributed by atoms with Gasteiger partial charge in [0.25, 0.3) is 0 Å². The normalized spacial score (nSPS) is 33.1. The van der Waals surface area contributed by atoms with E-state index in [2.05, 4.69) is 5.32 Å². The van der Waals surface area contributed by atoms with Crippen molar-refractivity contribution >= 4 is 5.91 Å². The lowest BCUT2D eigenvalue weighted by Gasteiger charge is -2.32. The number of hydrogen-bond acceptors (Lipinski definition) is 3. The van der Waals surface area contributed by atoms with Gasteiger partial charge < -0.3 is 15.0 Å². The van der Waals surface area contributed by atoms with E-state index in [1.807, 2.05) is 4.90 Å². The van der Waals surface area contributed by atoms with Crippen molar-refractivity contribution in [1.29, 1.82) is 0 Å². The van der Waals surface area contributed by atoms with Gasteiger partial charge in [-0.1, -0.05) is 0 Å². The van der Waals surface area contributed by atoms with Gasteiger partial charge in [0, 0.05) is 13.1 Å². The zero-order valence-electron chi connectivity index (χ0n) is 9.65. The van der Waals surface area contributed by atoms with Gasteiger partial charge in [-0.05, 0) is 38.1 Å². The summed E-state index contributed by atoms with van der Waals surface area (Å²) in [5.41, 5.74) is 0. The number of carbonyl (C=O) groups excluding carboxylic acids is 1. The number of hydrogen-bond donors (Lipinski definition) is 1. The molecule has 2 saturated heterocycles. The second-order valence-electron chi connectivity index (χ2n) is 5.33.